The van der Waals surface area contributed by atoms with Gasteiger partial charge in [0.05, 0.1) is 27.8 Å². The van der Waals surface area contributed by atoms with Crippen molar-refractivity contribution >= 4 is 75.1 Å². The minimum absolute atomic E-state index is 0.799. The normalized spacial score (nSPS) is 11.8. The summed E-state index contributed by atoms with van der Waals surface area (Å²) in [5.41, 5.74) is 11.6. The number of benzene rings is 9. The monoisotopic (exact) mass is 758 g/mol. The van der Waals surface area contributed by atoms with Gasteiger partial charge in [-0.15, -0.1) is 11.3 Å². The third-order valence-corrected chi connectivity index (χ3v) is 12.7. The van der Waals surface area contributed by atoms with Crippen LogP contribution in [0.5, 0.6) is 11.5 Å². The zero-order valence-electron chi connectivity index (χ0n) is 31.3. The van der Waals surface area contributed by atoms with E-state index in [1.807, 2.05) is 11.3 Å². The van der Waals surface area contributed by atoms with Crippen molar-refractivity contribution in [1.29, 1.82) is 0 Å². The largest absolute Gasteiger partial charge is 0.457 e. The lowest BCUT2D eigenvalue weighted by Crippen LogP contribution is -2.00. The molecule has 12 aromatic rings. The fourth-order valence-corrected chi connectivity index (χ4v) is 10.1. The SMILES string of the molecule is c1ccc(-c2cccc(-c3ccccc3)c2-n2c3ccccc3c3cc(Oc4ccc5c(c4)c4ccccc4n5-c4ccc5sc6ccccc6c5c4)ccc32)cc1. The highest BCUT2D eigenvalue weighted by Crippen LogP contribution is 2.43. The van der Waals surface area contributed by atoms with E-state index in [-0.39, 0.29) is 0 Å². The molecule has 0 bridgehead atoms. The first kappa shape index (κ1) is 32.8. The Kier molecular flexibility index (Phi) is 7.40. The molecular formula is C54H34N2OS. The van der Waals surface area contributed by atoms with E-state index in [4.69, 9.17) is 4.74 Å². The first-order valence-corrected chi connectivity index (χ1v) is 20.5. The van der Waals surface area contributed by atoms with Crippen LogP contribution in [-0.2, 0) is 0 Å². The highest BCUT2D eigenvalue weighted by molar-refractivity contribution is 7.25. The molecule has 12 rings (SSSR count). The highest BCUT2D eigenvalue weighted by Gasteiger charge is 2.21. The van der Waals surface area contributed by atoms with E-state index in [9.17, 15) is 0 Å². The molecule has 0 spiro atoms. The van der Waals surface area contributed by atoms with Crippen LogP contribution < -0.4 is 4.74 Å². The van der Waals surface area contributed by atoms with Gasteiger partial charge < -0.3 is 13.9 Å². The molecule has 0 aliphatic carbocycles. The van der Waals surface area contributed by atoms with Crippen LogP contribution in [0.25, 0.3) is 97.4 Å². The maximum Gasteiger partial charge on any atom is 0.128 e. The molecule has 0 radical (unpaired) electrons. The number of thiophene rings is 1. The molecule has 0 fully saturated rings. The molecule has 0 saturated heterocycles. The topological polar surface area (TPSA) is 19.1 Å². The van der Waals surface area contributed by atoms with Crippen LogP contribution in [0.3, 0.4) is 0 Å². The van der Waals surface area contributed by atoms with Gasteiger partial charge in [-0.1, -0.05) is 133 Å². The second-order valence-electron chi connectivity index (χ2n) is 14.9. The summed E-state index contributed by atoms with van der Waals surface area (Å²) in [6, 6.07) is 74.1. The fourth-order valence-electron chi connectivity index (χ4n) is 9.03. The van der Waals surface area contributed by atoms with E-state index in [2.05, 4.69) is 215 Å². The van der Waals surface area contributed by atoms with Crippen LogP contribution in [0.2, 0.25) is 0 Å². The second-order valence-corrected chi connectivity index (χ2v) is 16.0. The van der Waals surface area contributed by atoms with Crippen molar-refractivity contribution in [3.8, 4) is 45.1 Å². The lowest BCUT2D eigenvalue weighted by molar-refractivity contribution is 0.484. The molecule has 3 nitrogen and oxygen atoms in total. The number of rotatable bonds is 6. The van der Waals surface area contributed by atoms with Gasteiger partial charge in [-0.3, -0.25) is 0 Å². The molecule has 4 heteroatoms. The van der Waals surface area contributed by atoms with Crippen LogP contribution in [0.4, 0.5) is 0 Å². The van der Waals surface area contributed by atoms with Crippen molar-refractivity contribution in [2.45, 2.75) is 0 Å². The predicted molar refractivity (Wildman–Crippen MR) is 245 cm³/mol. The standard InChI is InChI=1S/C54H34N2OS/c1-3-14-35(15-4-1)40-21-13-22-41(36-16-5-2-6-17-36)54(40)56-49-24-11-8-19-43(49)46-34-39(28-30-51(46)56)57-38-27-29-50-45(33-38)42-18-7-10-23-48(42)55(50)37-26-31-53-47(32-37)44-20-9-12-25-52(44)58-53/h1-34H. The number of nitrogens with zero attached hydrogens (tertiary/aromatic N) is 2. The average molecular weight is 759 g/mol. The molecule has 9 aromatic carbocycles. The summed E-state index contributed by atoms with van der Waals surface area (Å²) in [6.07, 6.45) is 0. The maximum atomic E-state index is 6.79. The Hall–Kier alpha value is -7.40. The Morgan fingerprint density at radius 1 is 0.328 bits per heavy atom. The molecule has 3 heterocycles. The smallest absolute Gasteiger partial charge is 0.128 e. The Morgan fingerprint density at radius 3 is 1.47 bits per heavy atom. The van der Waals surface area contributed by atoms with Gasteiger partial charge in [0, 0.05) is 58.5 Å². The summed E-state index contributed by atoms with van der Waals surface area (Å²) in [5, 5.41) is 7.27. The van der Waals surface area contributed by atoms with Gasteiger partial charge in [0.25, 0.3) is 0 Å². The summed E-state index contributed by atoms with van der Waals surface area (Å²) in [7, 11) is 0. The van der Waals surface area contributed by atoms with E-state index in [1.165, 1.54) is 58.7 Å². The number of para-hydroxylation sites is 3. The van der Waals surface area contributed by atoms with E-state index in [1.54, 1.807) is 0 Å². The van der Waals surface area contributed by atoms with Crippen molar-refractivity contribution < 1.29 is 4.74 Å². The van der Waals surface area contributed by atoms with Gasteiger partial charge >= 0.3 is 0 Å². The van der Waals surface area contributed by atoms with Crippen molar-refractivity contribution in [1.82, 2.24) is 9.13 Å². The molecule has 0 amide bonds. The minimum Gasteiger partial charge on any atom is -0.457 e. The molecule has 3 aromatic heterocycles. The van der Waals surface area contributed by atoms with Gasteiger partial charge in [-0.05, 0) is 83.9 Å². The summed E-state index contributed by atoms with van der Waals surface area (Å²) < 4.78 is 14.2. The first-order valence-electron chi connectivity index (χ1n) is 19.7. The average Bonchev–Trinajstić information content (AvgIpc) is 3.94. The third kappa shape index (κ3) is 5.12. The fraction of sp³-hybridized carbons (Fsp3) is 0. The van der Waals surface area contributed by atoms with Crippen LogP contribution in [0.15, 0.2) is 206 Å². The number of hydrogen-bond donors (Lipinski definition) is 0. The summed E-state index contributed by atoms with van der Waals surface area (Å²) >= 11 is 1.85. The summed E-state index contributed by atoms with van der Waals surface area (Å²) in [5.74, 6) is 1.60. The van der Waals surface area contributed by atoms with Gasteiger partial charge in [-0.2, -0.15) is 0 Å². The van der Waals surface area contributed by atoms with Gasteiger partial charge in [0.15, 0.2) is 0 Å². The number of aromatic nitrogens is 2. The molecule has 0 aliphatic heterocycles. The van der Waals surface area contributed by atoms with E-state index in [0.29, 0.717) is 0 Å². The Morgan fingerprint density at radius 2 is 0.828 bits per heavy atom. The van der Waals surface area contributed by atoms with Crippen LogP contribution in [0.1, 0.15) is 0 Å². The number of ether oxygens (including phenoxy) is 1. The van der Waals surface area contributed by atoms with Crippen molar-refractivity contribution in [2.24, 2.45) is 0 Å². The van der Waals surface area contributed by atoms with E-state index >= 15 is 0 Å². The van der Waals surface area contributed by atoms with E-state index < -0.39 is 0 Å². The Labute approximate surface area is 338 Å². The van der Waals surface area contributed by atoms with Crippen LogP contribution in [0, 0.1) is 0 Å². The molecule has 0 unspecified atom stereocenters. The first-order chi connectivity index (χ1) is 28.8. The maximum absolute atomic E-state index is 6.79. The lowest BCUT2D eigenvalue weighted by atomic mass is 9.95. The van der Waals surface area contributed by atoms with Crippen molar-refractivity contribution in [2.75, 3.05) is 0 Å². The zero-order valence-corrected chi connectivity index (χ0v) is 32.2. The molecule has 0 saturated carbocycles. The van der Waals surface area contributed by atoms with Gasteiger partial charge in [-0.25, -0.2) is 0 Å². The van der Waals surface area contributed by atoms with Crippen molar-refractivity contribution in [3.05, 3.63) is 206 Å². The van der Waals surface area contributed by atoms with Gasteiger partial charge in [0.1, 0.15) is 11.5 Å². The third-order valence-electron chi connectivity index (χ3n) is 11.6. The Balaban J connectivity index is 0.995. The molecule has 0 aliphatic rings. The quantitative estimate of drug-likeness (QED) is 0.165. The molecule has 0 atom stereocenters. The van der Waals surface area contributed by atoms with Crippen molar-refractivity contribution in [3.63, 3.8) is 0 Å². The molecule has 58 heavy (non-hydrogen) atoms. The second kappa shape index (κ2) is 13.1. The Bertz CT molecular complexity index is 3480. The lowest BCUT2D eigenvalue weighted by Gasteiger charge is -2.19. The molecule has 272 valence electrons. The summed E-state index contributed by atoms with van der Waals surface area (Å²) in [6.45, 7) is 0. The highest BCUT2D eigenvalue weighted by atomic mass is 32.1. The minimum atomic E-state index is 0.799. The van der Waals surface area contributed by atoms with Crippen LogP contribution >= 0.6 is 11.3 Å². The number of hydrogen-bond acceptors (Lipinski definition) is 2. The van der Waals surface area contributed by atoms with E-state index in [0.717, 1.165) is 50.2 Å². The van der Waals surface area contributed by atoms with Crippen LogP contribution in [-0.4, -0.2) is 9.13 Å². The van der Waals surface area contributed by atoms with Gasteiger partial charge in [0.2, 0.25) is 0 Å². The zero-order chi connectivity index (χ0) is 38.2. The molecule has 0 N–H and O–H groups in total. The summed E-state index contributed by atoms with van der Waals surface area (Å²) in [4.78, 5) is 0. The molecular weight excluding hydrogens is 725 g/mol. The number of fused-ring (bicyclic) bond motifs is 9. The predicted octanol–water partition coefficient (Wildman–Crippen LogP) is 15.4.